The molecule has 1 aromatic carbocycles. The molecular formula is C18H18N2O6S. The Bertz CT molecular complexity index is 852. The maximum absolute atomic E-state index is 12.5. The number of nitrogens with zero attached hydrogens (tertiary/aromatic N) is 1. The van der Waals surface area contributed by atoms with Crippen molar-refractivity contribution >= 4 is 35.5 Å². The first-order valence-electron chi connectivity index (χ1n) is 8.20. The van der Waals surface area contributed by atoms with Crippen LogP contribution < -0.4 is 5.32 Å². The molecule has 2 unspecified atom stereocenters. The Balaban J connectivity index is 1.74. The number of ether oxygens (including phenoxy) is 1. The number of nitrogens with one attached hydrogen (secondary N) is 1. The Kier molecular flexibility index (Phi) is 5.22. The van der Waals surface area contributed by atoms with E-state index in [1.54, 1.807) is 23.6 Å². The van der Waals surface area contributed by atoms with Crippen LogP contribution in [0.1, 0.15) is 22.8 Å². The van der Waals surface area contributed by atoms with Crippen LogP contribution in [0.25, 0.3) is 0 Å². The van der Waals surface area contributed by atoms with E-state index in [1.807, 2.05) is 13.0 Å². The molecule has 1 fully saturated rings. The number of aliphatic carboxylic acids is 1. The lowest BCUT2D eigenvalue weighted by atomic mass is 9.98. The molecule has 2 aliphatic heterocycles. The molecule has 1 saturated heterocycles. The van der Waals surface area contributed by atoms with E-state index in [-0.39, 0.29) is 12.5 Å². The molecule has 0 aromatic heterocycles. The molecule has 2 heterocycles. The standard InChI is InChI=1S/C18H18N2O6S/c1-9-4-3-5-11(6-9)15(22)19-13-16(23)20-14(18(24)25)12(7-26-10(2)21)8-27-17(13)20/h3-6,8,13-14,17H,7H2,1-2H3,(H,19,22)(H,24,25)/t13?,14?,17-/m1/s1. The first-order chi connectivity index (χ1) is 12.8. The van der Waals surface area contributed by atoms with Gasteiger partial charge in [-0.2, -0.15) is 0 Å². The summed E-state index contributed by atoms with van der Waals surface area (Å²) >= 11 is 1.22. The number of carbonyl (C=O) groups excluding carboxylic acids is 3. The number of carbonyl (C=O) groups is 4. The van der Waals surface area contributed by atoms with Gasteiger partial charge in [-0.25, -0.2) is 4.79 Å². The normalized spacial score (nSPS) is 23.6. The van der Waals surface area contributed by atoms with Crippen LogP contribution in [-0.2, 0) is 19.1 Å². The summed E-state index contributed by atoms with van der Waals surface area (Å²) in [6, 6.07) is 4.94. The highest BCUT2D eigenvalue weighted by molar-refractivity contribution is 8.02. The summed E-state index contributed by atoms with van der Waals surface area (Å²) in [7, 11) is 0. The molecule has 1 aromatic rings. The second kappa shape index (κ2) is 7.43. The molecule has 3 atom stereocenters. The molecule has 2 N–H and O–H groups in total. The minimum absolute atomic E-state index is 0.198. The van der Waals surface area contributed by atoms with Gasteiger partial charge < -0.3 is 20.1 Å². The van der Waals surface area contributed by atoms with Gasteiger partial charge in [0.1, 0.15) is 18.0 Å². The predicted octanol–water partition coefficient (Wildman–Crippen LogP) is 0.909. The van der Waals surface area contributed by atoms with Gasteiger partial charge in [0.05, 0.1) is 0 Å². The van der Waals surface area contributed by atoms with Crippen LogP contribution >= 0.6 is 11.8 Å². The molecule has 3 rings (SSSR count). The fourth-order valence-electron chi connectivity index (χ4n) is 3.02. The summed E-state index contributed by atoms with van der Waals surface area (Å²) in [6.07, 6.45) is 0. The predicted molar refractivity (Wildman–Crippen MR) is 96.8 cm³/mol. The number of thioether (sulfide) groups is 1. The van der Waals surface area contributed by atoms with Crippen molar-refractivity contribution in [3.8, 4) is 0 Å². The molecule has 0 bridgehead atoms. The number of hydrogen-bond acceptors (Lipinski definition) is 6. The van der Waals surface area contributed by atoms with Crippen LogP contribution in [0.4, 0.5) is 0 Å². The van der Waals surface area contributed by atoms with E-state index in [9.17, 15) is 24.3 Å². The van der Waals surface area contributed by atoms with Gasteiger partial charge in [0.2, 0.25) is 5.91 Å². The number of hydrogen-bond donors (Lipinski definition) is 2. The first-order valence-corrected chi connectivity index (χ1v) is 9.14. The fourth-order valence-corrected chi connectivity index (χ4v) is 4.23. The molecule has 0 radical (unpaired) electrons. The van der Waals surface area contributed by atoms with Crippen molar-refractivity contribution in [3.05, 3.63) is 46.4 Å². The SMILES string of the molecule is CC(=O)OCC1=CS[C@@H]2C(NC(=O)c3cccc(C)c3)C(=O)N2C1C(=O)O. The van der Waals surface area contributed by atoms with Gasteiger partial charge >= 0.3 is 11.9 Å². The summed E-state index contributed by atoms with van der Waals surface area (Å²) in [6.45, 7) is 2.88. The van der Waals surface area contributed by atoms with Gasteiger partial charge in [-0.05, 0) is 24.5 Å². The zero-order valence-electron chi connectivity index (χ0n) is 14.7. The molecule has 2 aliphatic rings. The van der Waals surface area contributed by atoms with Gasteiger partial charge in [-0.3, -0.25) is 14.4 Å². The van der Waals surface area contributed by atoms with Crippen LogP contribution in [0.3, 0.4) is 0 Å². The topological polar surface area (TPSA) is 113 Å². The number of fused-ring (bicyclic) bond motifs is 1. The van der Waals surface area contributed by atoms with Gasteiger partial charge in [0.15, 0.2) is 6.04 Å². The van der Waals surface area contributed by atoms with E-state index in [0.717, 1.165) is 5.56 Å². The van der Waals surface area contributed by atoms with Crippen molar-refractivity contribution in [2.75, 3.05) is 6.61 Å². The molecule has 8 nitrogen and oxygen atoms in total. The number of esters is 1. The van der Waals surface area contributed by atoms with Crippen molar-refractivity contribution in [2.24, 2.45) is 0 Å². The van der Waals surface area contributed by atoms with Gasteiger partial charge in [0.25, 0.3) is 5.91 Å². The Hall–Kier alpha value is -2.81. The third-order valence-electron chi connectivity index (χ3n) is 4.31. The number of rotatable bonds is 5. The molecule has 27 heavy (non-hydrogen) atoms. The highest BCUT2D eigenvalue weighted by Crippen LogP contribution is 2.40. The van der Waals surface area contributed by atoms with Gasteiger partial charge in [-0.1, -0.05) is 17.7 Å². The van der Waals surface area contributed by atoms with E-state index < -0.39 is 35.3 Å². The van der Waals surface area contributed by atoms with E-state index in [0.29, 0.717) is 11.1 Å². The maximum atomic E-state index is 12.5. The zero-order chi connectivity index (χ0) is 19.7. The second-order valence-corrected chi connectivity index (χ2v) is 7.30. The van der Waals surface area contributed by atoms with Gasteiger partial charge in [-0.15, -0.1) is 11.8 Å². The summed E-state index contributed by atoms with van der Waals surface area (Å²) in [5.41, 5.74) is 1.67. The summed E-state index contributed by atoms with van der Waals surface area (Å²) in [4.78, 5) is 48.8. The molecule has 0 saturated carbocycles. The minimum atomic E-state index is -1.21. The third-order valence-corrected chi connectivity index (χ3v) is 5.53. The molecule has 9 heteroatoms. The quantitative estimate of drug-likeness (QED) is 0.567. The smallest absolute Gasteiger partial charge is 0.330 e. The van der Waals surface area contributed by atoms with E-state index in [1.165, 1.54) is 23.6 Å². The Morgan fingerprint density at radius 1 is 1.33 bits per heavy atom. The van der Waals surface area contributed by atoms with Gasteiger partial charge in [0, 0.05) is 18.1 Å². The minimum Gasteiger partial charge on any atom is -0.479 e. The first kappa shape index (κ1) is 19.0. The number of amides is 2. The van der Waals surface area contributed by atoms with Crippen molar-refractivity contribution < 1.29 is 29.0 Å². The number of β-lactam (4-membered cyclic amide) rings is 1. The largest absolute Gasteiger partial charge is 0.479 e. The molecular weight excluding hydrogens is 372 g/mol. The number of carboxylic acids is 1. The second-order valence-electron chi connectivity index (χ2n) is 6.31. The Morgan fingerprint density at radius 2 is 2.07 bits per heavy atom. The summed E-state index contributed by atoms with van der Waals surface area (Å²) < 4.78 is 4.87. The maximum Gasteiger partial charge on any atom is 0.330 e. The lowest BCUT2D eigenvalue weighted by Crippen LogP contribution is -2.74. The van der Waals surface area contributed by atoms with Crippen molar-refractivity contribution in [1.82, 2.24) is 10.2 Å². The molecule has 0 spiro atoms. The molecule has 0 aliphatic carbocycles. The van der Waals surface area contributed by atoms with Crippen molar-refractivity contribution in [1.29, 1.82) is 0 Å². The highest BCUT2D eigenvalue weighted by atomic mass is 32.2. The molecule has 142 valence electrons. The summed E-state index contributed by atoms with van der Waals surface area (Å²) in [5.74, 6) is -2.62. The number of benzene rings is 1. The number of aryl methyl sites for hydroxylation is 1. The monoisotopic (exact) mass is 390 g/mol. The average molecular weight is 390 g/mol. The van der Waals surface area contributed by atoms with Crippen LogP contribution in [-0.4, -0.2) is 57.8 Å². The van der Waals surface area contributed by atoms with Crippen LogP contribution in [0.5, 0.6) is 0 Å². The summed E-state index contributed by atoms with van der Waals surface area (Å²) in [5, 5.41) is 13.3. The number of carboxylic acid groups (broad SMARTS) is 1. The third kappa shape index (κ3) is 3.68. The Labute approximate surface area is 159 Å². The van der Waals surface area contributed by atoms with E-state index in [4.69, 9.17) is 4.74 Å². The lowest BCUT2D eigenvalue weighted by molar-refractivity contribution is -0.159. The molecule has 2 amide bonds. The van der Waals surface area contributed by atoms with Crippen LogP contribution in [0, 0.1) is 6.92 Å². The van der Waals surface area contributed by atoms with E-state index >= 15 is 0 Å². The van der Waals surface area contributed by atoms with E-state index in [2.05, 4.69) is 5.32 Å². The average Bonchev–Trinajstić information content (AvgIpc) is 2.63. The zero-order valence-corrected chi connectivity index (χ0v) is 15.5. The van der Waals surface area contributed by atoms with Crippen LogP contribution in [0.2, 0.25) is 0 Å². The van der Waals surface area contributed by atoms with Crippen molar-refractivity contribution in [2.45, 2.75) is 31.3 Å². The fraction of sp³-hybridized carbons (Fsp3) is 0.333. The van der Waals surface area contributed by atoms with Crippen molar-refractivity contribution in [3.63, 3.8) is 0 Å². The Morgan fingerprint density at radius 3 is 2.70 bits per heavy atom. The van der Waals surface area contributed by atoms with Crippen LogP contribution in [0.15, 0.2) is 35.2 Å². The highest BCUT2D eigenvalue weighted by Gasteiger charge is 2.56. The lowest BCUT2D eigenvalue weighted by Gasteiger charge is -2.51.